The van der Waals surface area contributed by atoms with Gasteiger partial charge in [-0.3, -0.25) is 19.8 Å². The van der Waals surface area contributed by atoms with Crippen LogP contribution in [0, 0.1) is 10.1 Å². The van der Waals surface area contributed by atoms with E-state index in [9.17, 15) is 14.9 Å². The number of pyridine rings is 1. The van der Waals surface area contributed by atoms with Crippen molar-refractivity contribution in [2.75, 3.05) is 37.6 Å². The molecular formula is C12H16N4O4. The van der Waals surface area contributed by atoms with E-state index in [-0.39, 0.29) is 12.2 Å². The zero-order chi connectivity index (χ0) is 14.5. The minimum absolute atomic E-state index is 0.00183. The zero-order valence-electron chi connectivity index (χ0n) is 10.9. The average molecular weight is 280 g/mol. The van der Waals surface area contributed by atoms with Gasteiger partial charge < -0.3 is 10.0 Å². The largest absolute Gasteiger partial charge is 0.480 e. The van der Waals surface area contributed by atoms with E-state index >= 15 is 0 Å². The van der Waals surface area contributed by atoms with Crippen molar-refractivity contribution in [3.63, 3.8) is 0 Å². The lowest BCUT2D eigenvalue weighted by atomic mass is 10.3. The molecule has 1 aliphatic rings. The summed E-state index contributed by atoms with van der Waals surface area (Å²) in [6.45, 7) is 2.39. The second-order valence-corrected chi connectivity index (χ2v) is 4.61. The van der Waals surface area contributed by atoms with E-state index in [0.717, 1.165) is 6.42 Å². The van der Waals surface area contributed by atoms with Crippen LogP contribution in [-0.4, -0.2) is 58.6 Å². The fourth-order valence-corrected chi connectivity index (χ4v) is 2.31. The van der Waals surface area contributed by atoms with Gasteiger partial charge in [-0.25, -0.2) is 4.98 Å². The summed E-state index contributed by atoms with van der Waals surface area (Å²) in [6, 6.07) is 2.97. The summed E-state index contributed by atoms with van der Waals surface area (Å²) in [5.41, 5.74) is -0.0146. The summed E-state index contributed by atoms with van der Waals surface area (Å²) in [4.78, 5) is 29.1. The van der Waals surface area contributed by atoms with Crippen molar-refractivity contribution in [3.05, 3.63) is 28.4 Å². The second-order valence-electron chi connectivity index (χ2n) is 4.61. The molecule has 1 aromatic heterocycles. The van der Waals surface area contributed by atoms with E-state index in [1.54, 1.807) is 0 Å². The molecule has 0 radical (unpaired) electrons. The molecule has 0 aliphatic carbocycles. The molecule has 8 nitrogen and oxygen atoms in total. The number of carboxylic acids is 1. The third kappa shape index (κ3) is 3.41. The van der Waals surface area contributed by atoms with Crippen LogP contribution in [0.4, 0.5) is 11.5 Å². The SMILES string of the molecule is O=C(O)CN1CCCN(c2ncccc2[N+](=O)[O-])CC1. The second kappa shape index (κ2) is 6.29. The van der Waals surface area contributed by atoms with E-state index in [2.05, 4.69) is 4.98 Å². The summed E-state index contributed by atoms with van der Waals surface area (Å²) >= 11 is 0. The number of carbonyl (C=O) groups is 1. The molecule has 0 spiro atoms. The molecule has 0 saturated carbocycles. The number of nitro groups is 1. The highest BCUT2D eigenvalue weighted by molar-refractivity contribution is 5.69. The first-order chi connectivity index (χ1) is 9.58. The van der Waals surface area contributed by atoms with Crippen LogP contribution in [0.25, 0.3) is 0 Å². The smallest absolute Gasteiger partial charge is 0.317 e. The number of anilines is 1. The van der Waals surface area contributed by atoms with Crippen molar-refractivity contribution in [1.29, 1.82) is 0 Å². The first kappa shape index (κ1) is 14.2. The maximum atomic E-state index is 11.0. The molecular weight excluding hydrogens is 264 g/mol. The van der Waals surface area contributed by atoms with E-state index in [1.807, 2.05) is 9.80 Å². The number of aliphatic carboxylic acids is 1. The molecule has 20 heavy (non-hydrogen) atoms. The first-order valence-electron chi connectivity index (χ1n) is 6.36. The van der Waals surface area contributed by atoms with Crippen molar-refractivity contribution in [3.8, 4) is 0 Å². The molecule has 2 heterocycles. The van der Waals surface area contributed by atoms with Crippen molar-refractivity contribution >= 4 is 17.5 Å². The average Bonchev–Trinajstić information content (AvgIpc) is 2.63. The molecule has 0 amide bonds. The van der Waals surface area contributed by atoms with Crippen molar-refractivity contribution < 1.29 is 14.8 Å². The summed E-state index contributed by atoms with van der Waals surface area (Å²) in [5, 5.41) is 19.8. The maximum absolute atomic E-state index is 11.0. The number of nitrogens with zero attached hydrogens (tertiary/aromatic N) is 4. The number of carboxylic acid groups (broad SMARTS) is 1. The quantitative estimate of drug-likeness (QED) is 0.636. The minimum atomic E-state index is -0.859. The highest BCUT2D eigenvalue weighted by Gasteiger charge is 2.23. The Kier molecular flexibility index (Phi) is 4.46. The molecule has 0 unspecified atom stereocenters. The Balaban J connectivity index is 2.11. The van der Waals surface area contributed by atoms with E-state index in [1.165, 1.54) is 18.3 Å². The summed E-state index contributed by atoms with van der Waals surface area (Å²) < 4.78 is 0. The predicted molar refractivity (Wildman–Crippen MR) is 71.8 cm³/mol. The predicted octanol–water partition coefficient (Wildman–Crippen LogP) is 0.586. The van der Waals surface area contributed by atoms with E-state index < -0.39 is 10.9 Å². The normalized spacial score (nSPS) is 16.7. The molecule has 1 aromatic rings. The van der Waals surface area contributed by atoms with Crippen molar-refractivity contribution in [2.45, 2.75) is 6.42 Å². The molecule has 1 saturated heterocycles. The summed E-state index contributed by atoms with van der Waals surface area (Å²) in [7, 11) is 0. The molecule has 1 N–H and O–H groups in total. The molecule has 1 aliphatic heterocycles. The first-order valence-corrected chi connectivity index (χ1v) is 6.36. The van der Waals surface area contributed by atoms with Crippen LogP contribution in [0.15, 0.2) is 18.3 Å². The number of hydrogen-bond donors (Lipinski definition) is 1. The van der Waals surface area contributed by atoms with Gasteiger partial charge in [0.2, 0.25) is 5.82 Å². The van der Waals surface area contributed by atoms with Crippen molar-refractivity contribution in [1.82, 2.24) is 9.88 Å². The number of rotatable bonds is 4. The van der Waals surface area contributed by atoms with Crippen LogP contribution in [0.3, 0.4) is 0 Å². The van der Waals surface area contributed by atoms with E-state index in [4.69, 9.17) is 5.11 Å². The van der Waals surface area contributed by atoms with Crippen LogP contribution in [-0.2, 0) is 4.79 Å². The molecule has 0 aromatic carbocycles. The zero-order valence-corrected chi connectivity index (χ0v) is 10.9. The van der Waals surface area contributed by atoms with Gasteiger partial charge in [0.15, 0.2) is 0 Å². The van der Waals surface area contributed by atoms with Gasteiger partial charge in [-0.05, 0) is 12.5 Å². The Hall–Kier alpha value is -2.22. The van der Waals surface area contributed by atoms with Gasteiger partial charge in [0.1, 0.15) is 0 Å². The third-order valence-corrected chi connectivity index (χ3v) is 3.21. The molecule has 108 valence electrons. The van der Waals surface area contributed by atoms with Crippen LogP contribution >= 0.6 is 0 Å². The monoisotopic (exact) mass is 280 g/mol. The van der Waals surface area contributed by atoms with Gasteiger partial charge in [-0.2, -0.15) is 0 Å². The highest BCUT2D eigenvalue weighted by atomic mass is 16.6. The molecule has 1 fully saturated rings. The number of aromatic nitrogens is 1. The Morgan fingerprint density at radius 1 is 1.40 bits per heavy atom. The maximum Gasteiger partial charge on any atom is 0.317 e. The van der Waals surface area contributed by atoms with Crippen molar-refractivity contribution in [2.24, 2.45) is 0 Å². The van der Waals surface area contributed by atoms with Gasteiger partial charge in [0, 0.05) is 38.4 Å². The van der Waals surface area contributed by atoms with Gasteiger partial charge in [-0.15, -0.1) is 0 Å². The molecule has 8 heteroatoms. The Morgan fingerprint density at radius 2 is 2.20 bits per heavy atom. The topological polar surface area (TPSA) is 99.8 Å². The van der Waals surface area contributed by atoms with Crippen LogP contribution in [0.2, 0.25) is 0 Å². The fraction of sp³-hybridized carbons (Fsp3) is 0.500. The van der Waals surface area contributed by atoms with Gasteiger partial charge in [0.05, 0.1) is 11.5 Å². The Morgan fingerprint density at radius 3 is 2.90 bits per heavy atom. The highest BCUT2D eigenvalue weighted by Crippen LogP contribution is 2.25. The number of hydrogen-bond acceptors (Lipinski definition) is 6. The molecule has 2 rings (SSSR count). The summed E-state index contributed by atoms with van der Waals surface area (Å²) in [5.74, 6) is -0.503. The van der Waals surface area contributed by atoms with Crippen LogP contribution in [0.5, 0.6) is 0 Å². The Labute approximate surface area is 115 Å². The molecule has 0 bridgehead atoms. The van der Waals surface area contributed by atoms with Crippen LogP contribution in [0.1, 0.15) is 6.42 Å². The Bertz CT molecular complexity index is 508. The lowest BCUT2D eigenvalue weighted by Gasteiger charge is -2.21. The molecule has 0 atom stereocenters. The fourth-order valence-electron chi connectivity index (χ4n) is 2.31. The van der Waals surface area contributed by atoms with Gasteiger partial charge >= 0.3 is 11.7 Å². The van der Waals surface area contributed by atoms with E-state index in [0.29, 0.717) is 32.0 Å². The third-order valence-electron chi connectivity index (χ3n) is 3.21. The standard InChI is InChI=1S/C12H16N4O4/c17-11(18)9-14-5-2-6-15(8-7-14)12-10(16(19)20)3-1-4-13-12/h1,3-4H,2,5-9H2,(H,17,18). The lowest BCUT2D eigenvalue weighted by Crippen LogP contribution is -2.34. The van der Waals surface area contributed by atoms with Crippen LogP contribution < -0.4 is 4.90 Å². The van der Waals surface area contributed by atoms with Gasteiger partial charge in [-0.1, -0.05) is 0 Å². The van der Waals surface area contributed by atoms with Gasteiger partial charge in [0.25, 0.3) is 0 Å². The summed E-state index contributed by atoms with van der Waals surface area (Å²) in [6.07, 6.45) is 2.28. The minimum Gasteiger partial charge on any atom is -0.480 e. The lowest BCUT2D eigenvalue weighted by molar-refractivity contribution is -0.384.